The number of hydrogen-bond acceptors (Lipinski definition) is 7. The number of carbonyl (C=O) groups is 1. The third-order valence-corrected chi connectivity index (χ3v) is 14.2. The molecule has 0 spiro atoms. The SMILES string of the molecule is COc1ccc(C2=CC(O[Si](c3ccccc3)(c3ccccc3)C(C)(C)C)CCc3c2cc(OC)c(OC)c3OC)cc1NC(=O)OC(C)(C)C. The van der Waals surface area contributed by atoms with Crippen LogP contribution in [0, 0.1) is 0 Å². The first-order valence-corrected chi connectivity index (χ1v) is 19.2. The second-order valence-corrected chi connectivity index (χ2v) is 18.9. The lowest BCUT2D eigenvalue weighted by atomic mass is 9.92. The first-order chi connectivity index (χ1) is 24.3. The summed E-state index contributed by atoms with van der Waals surface area (Å²) in [6.45, 7) is 12.3. The summed E-state index contributed by atoms with van der Waals surface area (Å²) < 4.78 is 36.7. The monoisotopic (exact) mass is 709 g/mol. The predicted molar refractivity (Wildman–Crippen MR) is 207 cm³/mol. The van der Waals surface area contributed by atoms with E-state index in [2.05, 4.69) is 92.8 Å². The number of nitrogens with one attached hydrogen (secondary N) is 1. The van der Waals surface area contributed by atoms with Crippen LogP contribution in [0.2, 0.25) is 5.04 Å². The molecule has 8 nitrogen and oxygen atoms in total. The van der Waals surface area contributed by atoms with E-state index in [4.69, 9.17) is 28.1 Å². The molecule has 0 saturated heterocycles. The van der Waals surface area contributed by atoms with E-state index >= 15 is 0 Å². The first kappa shape index (κ1) is 37.5. The Hall–Kier alpha value is -4.73. The van der Waals surface area contributed by atoms with Crippen molar-refractivity contribution in [3.8, 4) is 23.0 Å². The lowest BCUT2D eigenvalue weighted by Gasteiger charge is -2.44. The molecule has 0 saturated carbocycles. The third-order valence-electron chi connectivity index (χ3n) is 9.15. The van der Waals surface area contributed by atoms with Gasteiger partial charge in [-0.05, 0) is 90.0 Å². The molecule has 51 heavy (non-hydrogen) atoms. The number of carbonyl (C=O) groups excluding carboxylic acids is 1. The van der Waals surface area contributed by atoms with Gasteiger partial charge in [0.25, 0.3) is 8.32 Å². The molecule has 0 aliphatic heterocycles. The molecule has 0 aromatic heterocycles. The van der Waals surface area contributed by atoms with Gasteiger partial charge in [0.15, 0.2) is 11.5 Å². The highest BCUT2D eigenvalue weighted by atomic mass is 28.4. The molecule has 1 atom stereocenters. The molecule has 1 aliphatic carbocycles. The summed E-state index contributed by atoms with van der Waals surface area (Å²) in [5, 5.41) is 5.09. The van der Waals surface area contributed by atoms with Crippen LogP contribution in [0.15, 0.2) is 91.0 Å². The Morgan fingerprint density at radius 2 is 1.31 bits per heavy atom. The molecule has 0 radical (unpaired) electrons. The maximum Gasteiger partial charge on any atom is 0.412 e. The number of hydrogen-bond donors (Lipinski definition) is 1. The van der Waals surface area contributed by atoms with Gasteiger partial charge in [0.05, 0.1) is 40.2 Å². The van der Waals surface area contributed by atoms with Gasteiger partial charge in [0.1, 0.15) is 11.4 Å². The van der Waals surface area contributed by atoms with Crippen molar-refractivity contribution in [2.45, 2.75) is 71.1 Å². The normalized spacial score (nSPS) is 14.8. The number of methoxy groups -OCH3 is 4. The minimum atomic E-state index is -2.94. The van der Waals surface area contributed by atoms with Gasteiger partial charge < -0.3 is 28.1 Å². The second-order valence-electron chi connectivity index (χ2n) is 14.7. The summed E-state index contributed by atoms with van der Waals surface area (Å²) in [6.07, 6.45) is 2.68. The number of benzene rings is 4. The van der Waals surface area contributed by atoms with Gasteiger partial charge in [0.2, 0.25) is 5.75 Å². The molecule has 1 amide bonds. The summed E-state index contributed by atoms with van der Waals surface area (Å²) in [5.41, 5.74) is 3.46. The Morgan fingerprint density at radius 3 is 1.82 bits per heavy atom. The Balaban J connectivity index is 1.75. The lowest BCUT2D eigenvalue weighted by molar-refractivity contribution is 0.0635. The van der Waals surface area contributed by atoms with Crippen LogP contribution in [0.3, 0.4) is 0 Å². The summed E-state index contributed by atoms with van der Waals surface area (Å²) in [6, 6.07) is 29.1. The number of ether oxygens (including phenoxy) is 5. The highest BCUT2D eigenvalue weighted by Gasteiger charge is 2.51. The fourth-order valence-electron chi connectivity index (χ4n) is 7.00. The average Bonchev–Trinajstić information content (AvgIpc) is 3.28. The van der Waals surface area contributed by atoms with E-state index in [0.717, 1.165) is 22.3 Å². The van der Waals surface area contributed by atoms with Gasteiger partial charge in [-0.1, -0.05) is 87.5 Å². The highest BCUT2D eigenvalue weighted by molar-refractivity contribution is 6.99. The fourth-order valence-corrected chi connectivity index (χ4v) is 11.7. The van der Waals surface area contributed by atoms with Crippen LogP contribution < -0.4 is 34.6 Å². The summed E-state index contributed by atoms with van der Waals surface area (Å²) >= 11 is 0. The Kier molecular flexibility index (Phi) is 11.2. The Morgan fingerprint density at radius 1 is 0.725 bits per heavy atom. The van der Waals surface area contributed by atoms with Crippen molar-refractivity contribution in [3.05, 3.63) is 108 Å². The predicted octanol–water partition coefficient (Wildman–Crippen LogP) is 8.39. The molecular weight excluding hydrogens is 659 g/mol. The van der Waals surface area contributed by atoms with Crippen LogP contribution >= 0.6 is 0 Å². The lowest BCUT2D eigenvalue weighted by Crippen LogP contribution is -2.67. The van der Waals surface area contributed by atoms with Crippen LogP contribution in [0.5, 0.6) is 23.0 Å². The fraction of sp³-hybridized carbons (Fsp3) is 0.357. The number of amides is 1. The van der Waals surface area contributed by atoms with Gasteiger partial charge in [-0.25, -0.2) is 4.79 Å². The molecule has 9 heteroatoms. The molecule has 5 rings (SSSR count). The molecule has 0 heterocycles. The summed E-state index contributed by atoms with van der Waals surface area (Å²) in [4.78, 5) is 13.0. The molecule has 0 bridgehead atoms. The van der Waals surface area contributed by atoms with Gasteiger partial charge in [-0.15, -0.1) is 0 Å². The van der Waals surface area contributed by atoms with Gasteiger partial charge in [-0.3, -0.25) is 5.32 Å². The van der Waals surface area contributed by atoms with Crippen molar-refractivity contribution in [1.29, 1.82) is 0 Å². The molecule has 270 valence electrons. The van der Waals surface area contributed by atoms with Crippen molar-refractivity contribution in [2.24, 2.45) is 0 Å². The van der Waals surface area contributed by atoms with E-state index in [1.54, 1.807) is 28.4 Å². The van der Waals surface area contributed by atoms with Crippen LogP contribution in [0.1, 0.15) is 64.7 Å². The van der Waals surface area contributed by atoms with E-state index in [0.29, 0.717) is 41.5 Å². The zero-order valence-corrected chi connectivity index (χ0v) is 32.5. The molecule has 0 fully saturated rings. The molecular formula is C42H51NO7Si. The number of anilines is 1. The molecule has 1 N–H and O–H groups in total. The van der Waals surface area contributed by atoms with Crippen LogP contribution in [0.25, 0.3) is 5.57 Å². The maximum atomic E-state index is 13.0. The van der Waals surface area contributed by atoms with Gasteiger partial charge >= 0.3 is 6.09 Å². The largest absolute Gasteiger partial charge is 0.495 e. The number of rotatable bonds is 10. The average molecular weight is 710 g/mol. The van der Waals surface area contributed by atoms with E-state index in [-0.39, 0.29) is 11.1 Å². The van der Waals surface area contributed by atoms with E-state index in [9.17, 15) is 4.79 Å². The van der Waals surface area contributed by atoms with E-state index < -0.39 is 20.0 Å². The van der Waals surface area contributed by atoms with Crippen molar-refractivity contribution < 1.29 is 32.9 Å². The smallest absolute Gasteiger partial charge is 0.412 e. The minimum absolute atomic E-state index is 0.225. The van der Waals surface area contributed by atoms with Crippen LogP contribution in [-0.2, 0) is 15.6 Å². The van der Waals surface area contributed by atoms with Crippen LogP contribution in [-0.4, -0.2) is 54.6 Å². The molecule has 1 unspecified atom stereocenters. The highest BCUT2D eigenvalue weighted by Crippen LogP contribution is 2.48. The zero-order valence-electron chi connectivity index (χ0n) is 31.5. The molecule has 4 aromatic rings. The topological polar surface area (TPSA) is 84.5 Å². The number of fused-ring (bicyclic) bond motifs is 1. The molecule has 4 aromatic carbocycles. The minimum Gasteiger partial charge on any atom is -0.495 e. The Labute approximate surface area is 303 Å². The van der Waals surface area contributed by atoms with Gasteiger partial charge in [-0.2, -0.15) is 0 Å². The van der Waals surface area contributed by atoms with Crippen molar-refractivity contribution in [2.75, 3.05) is 33.8 Å². The van der Waals surface area contributed by atoms with Crippen molar-refractivity contribution >= 4 is 36.0 Å². The first-order valence-electron chi connectivity index (χ1n) is 17.3. The standard InChI is InChI=1S/C42H51NO7Si/c1-41(2,3)49-40(44)43-35-25-28(21-24-36(35)45-7)33-26-29(22-23-32-34(33)27-37(46-8)39(48-10)38(32)47-9)50-51(42(4,5)6,30-17-13-11-14-18-30)31-19-15-12-16-20-31/h11-21,24-27,29H,22-23H2,1-10H3,(H,43,44). The zero-order chi connectivity index (χ0) is 37.0. The quantitative estimate of drug-likeness (QED) is 0.166. The Bertz CT molecular complexity index is 1820. The third kappa shape index (κ3) is 7.79. The van der Waals surface area contributed by atoms with Crippen LogP contribution in [0.4, 0.5) is 10.5 Å². The van der Waals surface area contributed by atoms with Crippen molar-refractivity contribution in [3.63, 3.8) is 0 Å². The summed E-state index contributed by atoms with van der Waals surface area (Å²) in [5.74, 6) is 2.20. The van der Waals surface area contributed by atoms with Gasteiger partial charge in [0, 0.05) is 5.56 Å². The van der Waals surface area contributed by atoms with Crippen molar-refractivity contribution in [1.82, 2.24) is 0 Å². The van der Waals surface area contributed by atoms with E-state index in [1.165, 1.54) is 10.4 Å². The second kappa shape index (κ2) is 15.2. The van der Waals surface area contributed by atoms with E-state index in [1.807, 2.05) is 45.0 Å². The maximum absolute atomic E-state index is 13.0. The summed E-state index contributed by atoms with van der Waals surface area (Å²) in [7, 11) is 3.52. The molecule has 1 aliphatic rings.